The summed E-state index contributed by atoms with van der Waals surface area (Å²) in [6.07, 6.45) is 0. The van der Waals surface area contributed by atoms with E-state index in [0.717, 1.165) is 28.8 Å². The van der Waals surface area contributed by atoms with Gasteiger partial charge < -0.3 is 10.6 Å². The highest BCUT2D eigenvalue weighted by Crippen LogP contribution is 2.26. The molecule has 1 heterocycles. The molecule has 0 fully saturated rings. The SMILES string of the molecule is CCNc1nc(SC(C)C(=O)NCc2ccc(F)cc2)nc2ccccc12. The van der Waals surface area contributed by atoms with Crippen molar-refractivity contribution in [3.63, 3.8) is 0 Å². The van der Waals surface area contributed by atoms with Gasteiger partial charge in [-0.05, 0) is 43.7 Å². The molecule has 0 aliphatic carbocycles. The number of nitrogens with zero attached hydrogens (tertiary/aromatic N) is 2. The Morgan fingerprint density at radius 1 is 1.15 bits per heavy atom. The van der Waals surface area contributed by atoms with Crippen LogP contribution in [0.15, 0.2) is 53.7 Å². The van der Waals surface area contributed by atoms with Gasteiger partial charge in [0.05, 0.1) is 10.8 Å². The molecule has 2 aromatic carbocycles. The molecule has 27 heavy (non-hydrogen) atoms. The molecule has 1 amide bonds. The first-order chi connectivity index (χ1) is 13.1. The molecule has 0 aliphatic heterocycles. The molecule has 5 nitrogen and oxygen atoms in total. The van der Waals surface area contributed by atoms with E-state index in [0.29, 0.717) is 11.7 Å². The number of hydrogen-bond acceptors (Lipinski definition) is 5. The van der Waals surface area contributed by atoms with Gasteiger partial charge in [0.2, 0.25) is 5.91 Å². The van der Waals surface area contributed by atoms with Gasteiger partial charge in [0.25, 0.3) is 0 Å². The number of carbonyl (C=O) groups excluding carboxylic acids is 1. The third-order valence-electron chi connectivity index (χ3n) is 3.96. The summed E-state index contributed by atoms with van der Waals surface area (Å²) >= 11 is 1.31. The molecular weight excluding hydrogens is 363 g/mol. The lowest BCUT2D eigenvalue weighted by molar-refractivity contribution is -0.120. The van der Waals surface area contributed by atoms with Gasteiger partial charge in [-0.2, -0.15) is 0 Å². The average molecular weight is 384 g/mol. The number of benzene rings is 2. The van der Waals surface area contributed by atoms with Crippen LogP contribution in [-0.2, 0) is 11.3 Å². The molecule has 2 N–H and O–H groups in total. The van der Waals surface area contributed by atoms with Gasteiger partial charge in [0.15, 0.2) is 5.16 Å². The van der Waals surface area contributed by atoms with Crippen molar-refractivity contribution < 1.29 is 9.18 Å². The second kappa shape index (κ2) is 8.81. The zero-order valence-electron chi connectivity index (χ0n) is 15.2. The monoisotopic (exact) mass is 384 g/mol. The molecule has 140 valence electrons. The largest absolute Gasteiger partial charge is 0.370 e. The molecule has 3 aromatic rings. The number of nitrogens with one attached hydrogen (secondary N) is 2. The van der Waals surface area contributed by atoms with Gasteiger partial charge in [-0.25, -0.2) is 14.4 Å². The van der Waals surface area contributed by atoms with Gasteiger partial charge in [-0.15, -0.1) is 0 Å². The van der Waals surface area contributed by atoms with Crippen molar-refractivity contribution in [1.29, 1.82) is 0 Å². The van der Waals surface area contributed by atoms with Gasteiger partial charge in [-0.1, -0.05) is 36.0 Å². The van der Waals surface area contributed by atoms with Crippen molar-refractivity contribution in [2.45, 2.75) is 30.8 Å². The van der Waals surface area contributed by atoms with Gasteiger partial charge in [-0.3, -0.25) is 4.79 Å². The predicted molar refractivity (Wildman–Crippen MR) is 107 cm³/mol. The summed E-state index contributed by atoms with van der Waals surface area (Å²) in [5.41, 5.74) is 1.68. The van der Waals surface area contributed by atoms with E-state index < -0.39 is 0 Å². The van der Waals surface area contributed by atoms with Crippen molar-refractivity contribution in [2.24, 2.45) is 0 Å². The topological polar surface area (TPSA) is 66.9 Å². The van der Waals surface area contributed by atoms with E-state index in [9.17, 15) is 9.18 Å². The van der Waals surface area contributed by atoms with E-state index in [1.807, 2.05) is 38.1 Å². The van der Waals surface area contributed by atoms with Crippen LogP contribution in [0.5, 0.6) is 0 Å². The maximum absolute atomic E-state index is 12.9. The van der Waals surface area contributed by atoms with Crippen molar-refractivity contribution in [3.8, 4) is 0 Å². The number of halogens is 1. The Kier molecular flexibility index (Phi) is 6.24. The van der Waals surface area contributed by atoms with E-state index >= 15 is 0 Å². The summed E-state index contributed by atoms with van der Waals surface area (Å²) in [5.74, 6) is 0.356. The maximum atomic E-state index is 12.9. The summed E-state index contributed by atoms with van der Waals surface area (Å²) in [4.78, 5) is 21.5. The summed E-state index contributed by atoms with van der Waals surface area (Å²) in [5, 5.41) is 7.26. The van der Waals surface area contributed by atoms with Crippen LogP contribution in [-0.4, -0.2) is 27.7 Å². The molecule has 1 aromatic heterocycles. The van der Waals surface area contributed by atoms with E-state index in [4.69, 9.17) is 0 Å². The minimum absolute atomic E-state index is 0.119. The molecule has 0 saturated carbocycles. The zero-order valence-corrected chi connectivity index (χ0v) is 16.0. The lowest BCUT2D eigenvalue weighted by Crippen LogP contribution is -2.30. The summed E-state index contributed by atoms with van der Waals surface area (Å²) < 4.78 is 12.9. The number of carbonyl (C=O) groups is 1. The number of hydrogen-bond donors (Lipinski definition) is 2. The quantitative estimate of drug-likeness (QED) is 0.476. The molecule has 0 bridgehead atoms. The fraction of sp³-hybridized carbons (Fsp3) is 0.250. The van der Waals surface area contributed by atoms with Crippen LogP contribution >= 0.6 is 11.8 Å². The van der Waals surface area contributed by atoms with Crippen LogP contribution < -0.4 is 10.6 Å². The molecule has 0 spiro atoms. The van der Waals surface area contributed by atoms with Gasteiger partial charge >= 0.3 is 0 Å². The average Bonchev–Trinajstić information content (AvgIpc) is 2.67. The molecule has 0 aliphatic rings. The van der Waals surface area contributed by atoms with Gasteiger partial charge in [0.1, 0.15) is 11.6 Å². The Bertz CT molecular complexity index is 933. The van der Waals surface area contributed by atoms with Crippen molar-refractivity contribution in [1.82, 2.24) is 15.3 Å². The van der Waals surface area contributed by atoms with Crippen LogP contribution in [0.2, 0.25) is 0 Å². The third-order valence-corrected chi connectivity index (χ3v) is 4.92. The van der Waals surface area contributed by atoms with Crippen molar-refractivity contribution >= 4 is 34.4 Å². The number of aromatic nitrogens is 2. The van der Waals surface area contributed by atoms with Crippen LogP contribution in [0.4, 0.5) is 10.2 Å². The molecule has 7 heteroatoms. The van der Waals surface area contributed by atoms with Crippen molar-refractivity contribution in [3.05, 3.63) is 59.9 Å². The first-order valence-electron chi connectivity index (χ1n) is 8.76. The lowest BCUT2D eigenvalue weighted by Gasteiger charge is -2.13. The van der Waals surface area contributed by atoms with E-state index in [1.165, 1.54) is 23.9 Å². The number of para-hydroxylation sites is 1. The molecule has 1 unspecified atom stereocenters. The Morgan fingerprint density at radius 3 is 2.63 bits per heavy atom. The minimum atomic E-state index is -0.360. The summed E-state index contributed by atoms with van der Waals surface area (Å²) in [7, 11) is 0. The van der Waals surface area contributed by atoms with Crippen molar-refractivity contribution in [2.75, 3.05) is 11.9 Å². The Hall–Kier alpha value is -2.67. The van der Waals surface area contributed by atoms with E-state index in [2.05, 4.69) is 20.6 Å². The maximum Gasteiger partial charge on any atom is 0.233 e. The van der Waals surface area contributed by atoms with Crippen LogP contribution in [0.1, 0.15) is 19.4 Å². The highest BCUT2D eigenvalue weighted by Gasteiger charge is 2.17. The van der Waals surface area contributed by atoms with E-state index in [-0.39, 0.29) is 17.0 Å². The Balaban J connectivity index is 1.68. The zero-order chi connectivity index (χ0) is 19.2. The minimum Gasteiger partial charge on any atom is -0.370 e. The molecule has 0 saturated heterocycles. The first kappa shape index (κ1) is 19.1. The number of fused-ring (bicyclic) bond motifs is 1. The second-order valence-electron chi connectivity index (χ2n) is 6.01. The Labute approximate surface area is 161 Å². The fourth-order valence-corrected chi connectivity index (χ4v) is 3.36. The number of rotatable bonds is 7. The normalized spacial score (nSPS) is 12.0. The lowest BCUT2D eigenvalue weighted by atomic mass is 10.2. The molecular formula is C20H21FN4OS. The van der Waals surface area contributed by atoms with Gasteiger partial charge in [0, 0.05) is 18.5 Å². The predicted octanol–water partition coefficient (Wildman–Crippen LogP) is 4.00. The summed E-state index contributed by atoms with van der Waals surface area (Å²) in [6, 6.07) is 13.9. The molecule has 1 atom stereocenters. The summed E-state index contributed by atoms with van der Waals surface area (Å²) in [6.45, 7) is 4.93. The number of thioether (sulfide) groups is 1. The number of anilines is 1. The van der Waals surface area contributed by atoms with Crippen LogP contribution in [0.3, 0.4) is 0 Å². The molecule has 0 radical (unpaired) electrons. The third kappa shape index (κ3) is 4.95. The smallest absolute Gasteiger partial charge is 0.233 e. The van der Waals surface area contributed by atoms with Crippen LogP contribution in [0, 0.1) is 5.82 Å². The Morgan fingerprint density at radius 2 is 1.89 bits per heavy atom. The standard InChI is InChI=1S/C20H21FN4OS/c1-3-22-18-16-6-4-5-7-17(16)24-20(25-18)27-13(2)19(26)23-12-14-8-10-15(21)11-9-14/h4-11,13H,3,12H2,1-2H3,(H,23,26)(H,22,24,25). The molecule has 3 rings (SSSR count). The highest BCUT2D eigenvalue weighted by molar-refractivity contribution is 8.00. The van der Waals surface area contributed by atoms with Crippen LogP contribution in [0.25, 0.3) is 10.9 Å². The first-order valence-corrected chi connectivity index (χ1v) is 9.64. The second-order valence-corrected chi connectivity index (χ2v) is 7.31. The fourth-order valence-electron chi connectivity index (χ4n) is 2.56. The van der Waals surface area contributed by atoms with E-state index in [1.54, 1.807) is 12.1 Å². The highest BCUT2D eigenvalue weighted by atomic mass is 32.2. The number of amides is 1.